The maximum Gasteiger partial charge on any atom is 0.310 e. The summed E-state index contributed by atoms with van der Waals surface area (Å²) in [6.07, 6.45) is 4.59. The maximum absolute atomic E-state index is 14.4. The molecule has 2 amide bonds. The Kier molecular flexibility index (Phi) is 7.55. The summed E-state index contributed by atoms with van der Waals surface area (Å²) in [4.78, 5) is 44.0. The molecule has 3 heterocycles. The summed E-state index contributed by atoms with van der Waals surface area (Å²) >= 11 is 6.74. The van der Waals surface area contributed by atoms with E-state index in [2.05, 4.69) is 0 Å². The van der Waals surface area contributed by atoms with Gasteiger partial charge in [-0.25, -0.2) is 5.84 Å². The van der Waals surface area contributed by atoms with E-state index >= 15 is 0 Å². The first-order valence-corrected chi connectivity index (χ1v) is 15.3. The van der Waals surface area contributed by atoms with Crippen LogP contribution in [0.3, 0.4) is 0 Å². The van der Waals surface area contributed by atoms with Gasteiger partial charge in [0.25, 0.3) is 0 Å². The van der Waals surface area contributed by atoms with Gasteiger partial charge < -0.3 is 35.1 Å². The van der Waals surface area contributed by atoms with Crippen LogP contribution >= 0.6 is 11.6 Å². The number of fused-ring (bicyclic) bond motifs is 1. The summed E-state index contributed by atoms with van der Waals surface area (Å²) in [6, 6.07) is 3.52. The van der Waals surface area contributed by atoms with E-state index in [9.17, 15) is 19.5 Å². The number of likely N-dealkylation sites (tertiary alicyclic amines) is 1. The first-order valence-electron chi connectivity index (χ1n) is 14.9. The van der Waals surface area contributed by atoms with E-state index in [1.807, 2.05) is 0 Å². The molecule has 1 aromatic rings. The smallest absolute Gasteiger partial charge is 0.310 e. The van der Waals surface area contributed by atoms with Crippen LogP contribution in [0.4, 0.5) is 0 Å². The number of rotatable bonds is 6. The average molecular weight is 602 g/mol. The fourth-order valence-corrected chi connectivity index (χ4v) is 7.52. The summed E-state index contributed by atoms with van der Waals surface area (Å²) in [7, 11) is 0. The molecule has 12 heteroatoms. The number of benzene rings is 1. The van der Waals surface area contributed by atoms with E-state index in [4.69, 9.17) is 32.7 Å². The van der Waals surface area contributed by atoms with Crippen molar-refractivity contribution in [3.05, 3.63) is 39.7 Å². The number of morpholine rings is 1. The van der Waals surface area contributed by atoms with Crippen molar-refractivity contribution in [2.24, 2.45) is 28.3 Å². The largest absolute Gasteiger partial charge is 0.487 e. The Balaban J connectivity index is 1.39. The molecule has 0 bridgehead atoms. The fraction of sp³-hybridized carbons (Fsp3) is 0.633. The van der Waals surface area contributed by atoms with Crippen molar-refractivity contribution < 1.29 is 29.0 Å². The topological polar surface area (TPSA) is 152 Å². The third-order valence-electron chi connectivity index (χ3n) is 10.1. The van der Waals surface area contributed by atoms with Crippen LogP contribution in [0, 0.1) is 16.7 Å². The zero-order valence-corrected chi connectivity index (χ0v) is 24.8. The molecule has 0 unspecified atom stereocenters. The Morgan fingerprint density at radius 3 is 2.69 bits per heavy atom. The zero-order valence-electron chi connectivity index (χ0n) is 24.1. The van der Waals surface area contributed by atoms with Crippen molar-refractivity contribution in [2.45, 2.75) is 64.5 Å². The number of nitrogens with zero attached hydrogens (tertiary/aromatic N) is 3. The lowest BCUT2D eigenvalue weighted by atomic mass is 9.66. The Morgan fingerprint density at radius 1 is 1.21 bits per heavy atom. The maximum atomic E-state index is 14.4. The van der Waals surface area contributed by atoms with Gasteiger partial charge in [0, 0.05) is 30.1 Å². The van der Waals surface area contributed by atoms with E-state index < -0.39 is 23.5 Å². The molecule has 2 saturated carbocycles. The lowest BCUT2D eigenvalue weighted by molar-refractivity contribution is -0.165. The van der Waals surface area contributed by atoms with Gasteiger partial charge in [-0.2, -0.15) is 0 Å². The third kappa shape index (κ3) is 4.99. The van der Waals surface area contributed by atoms with E-state index in [1.54, 1.807) is 33.9 Å². The highest BCUT2D eigenvalue weighted by atomic mass is 35.5. The lowest BCUT2D eigenvalue weighted by Gasteiger charge is -2.47. The van der Waals surface area contributed by atoms with Gasteiger partial charge in [-0.05, 0) is 62.1 Å². The Morgan fingerprint density at radius 2 is 2.00 bits per heavy atom. The molecule has 228 valence electrons. The van der Waals surface area contributed by atoms with Gasteiger partial charge in [-0.15, -0.1) is 0 Å². The summed E-state index contributed by atoms with van der Waals surface area (Å²) in [5.74, 6) is 4.70. The Bertz CT molecular complexity index is 1330. The van der Waals surface area contributed by atoms with Gasteiger partial charge in [-0.3, -0.25) is 14.4 Å². The Labute approximate surface area is 250 Å². The SMILES string of the molecule is C[C@]1(C(=O)O)CCCC[C@H]1C(=O)N1CCc2c(Cl)ccc(OC/C(N)=C3\COCCN3N)c2[C@H]1N1CC2(CC2)CC1=O. The number of hydrazine groups is 1. The van der Waals surface area contributed by atoms with Gasteiger partial charge in [0.2, 0.25) is 11.8 Å². The number of carbonyl (C=O) groups excluding carboxylic acids is 2. The van der Waals surface area contributed by atoms with Crippen LogP contribution in [-0.2, 0) is 25.5 Å². The van der Waals surface area contributed by atoms with Gasteiger partial charge in [0.05, 0.1) is 42.5 Å². The molecule has 1 aromatic carbocycles. The fourth-order valence-electron chi connectivity index (χ4n) is 7.26. The summed E-state index contributed by atoms with van der Waals surface area (Å²) in [5, 5.41) is 12.3. The number of amides is 2. The first kappa shape index (κ1) is 29.1. The van der Waals surface area contributed by atoms with Crippen molar-refractivity contribution in [1.29, 1.82) is 0 Å². The second-order valence-electron chi connectivity index (χ2n) is 12.8. The second kappa shape index (κ2) is 10.9. The molecule has 0 radical (unpaired) electrons. The van der Waals surface area contributed by atoms with Crippen molar-refractivity contribution in [3.8, 4) is 5.75 Å². The number of hydrogen-bond acceptors (Lipinski definition) is 8. The van der Waals surface area contributed by atoms with Crippen LogP contribution in [0.5, 0.6) is 5.75 Å². The second-order valence-corrected chi connectivity index (χ2v) is 13.2. The molecule has 5 aliphatic rings. The number of carbonyl (C=O) groups is 3. The molecule has 6 rings (SSSR count). The predicted molar refractivity (Wildman–Crippen MR) is 154 cm³/mol. The first-order chi connectivity index (χ1) is 20.0. The normalized spacial score (nSPS) is 29.9. The van der Waals surface area contributed by atoms with Gasteiger partial charge >= 0.3 is 5.97 Å². The van der Waals surface area contributed by atoms with Gasteiger partial charge in [0.1, 0.15) is 18.5 Å². The Hall–Kier alpha value is -3.02. The van der Waals surface area contributed by atoms with Crippen LogP contribution in [0.25, 0.3) is 0 Å². The van der Waals surface area contributed by atoms with E-state index in [0.717, 1.165) is 31.2 Å². The summed E-state index contributed by atoms with van der Waals surface area (Å²) < 4.78 is 11.8. The molecule has 2 aliphatic carbocycles. The minimum absolute atomic E-state index is 0.0153. The number of nitrogens with two attached hydrogens (primary N) is 2. The number of aliphatic carboxylic acids is 1. The third-order valence-corrected chi connectivity index (χ3v) is 10.5. The molecule has 0 aromatic heterocycles. The van der Waals surface area contributed by atoms with Crippen molar-refractivity contribution in [1.82, 2.24) is 14.8 Å². The standard InChI is InChI=1S/C30H40ClN5O6/c1-29(28(39)40)8-3-2-4-19(29)27(38)34-11-7-18-20(31)5-6-23(42-15-21(32)22-16-41-13-12-36(22)33)25(18)26(34)35-17-30(9-10-30)14-24(35)37/h5-6,19,26H,2-4,7-17,32-33H2,1H3,(H,39,40)/b22-21-/t19-,26+,29-/m0/s1. The summed E-state index contributed by atoms with van der Waals surface area (Å²) in [6.45, 7) is 3.88. The van der Waals surface area contributed by atoms with Crippen LogP contribution in [-0.4, -0.2) is 77.2 Å². The molecule has 5 N–H and O–H groups in total. The number of halogens is 1. The van der Waals surface area contributed by atoms with Crippen LogP contribution in [0.15, 0.2) is 23.5 Å². The molecule has 2 saturated heterocycles. The van der Waals surface area contributed by atoms with Crippen molar-refractivity contribution in [3.63, 3.8) is 0 Å². The van der Waals surface area contributed by atoms with Crippen molar-refractivity contribution >= 4 is 29.4 Å². The molecule has 4 fully saturated rings. The number of ether oxygens (including phenoxy) is 2. The monoisotopic (exact) mass is 601 g/mol. The molecule has 1 spiro atoms. The highest BCUT2D eigenvalue weighted by Gasteiger charge is 2.56. The van der Waals surface area contributed by atoms with Gasteiger partial charge in [0.15, 0.2) is 0 Å². The molecular weight excluding hydrogens is 562 g/mol. The van der Waals surface area contributed by atoms with Gasteiger partial charge in [-0.1, -0.05) is 24.4 Å². The molecule has 3 aliphatic heterocycles. The number of hydrogen-bond donors (Lipinski definition) is 3. The van der Waals surface area contributed by atoms with Crippen LogP contribution < -0.4 is 16.3 Å². The minimum Gasteiger partial charge on any atom is -0.487 e. The zero-order chi connectivity index (χ0) is 29.8. The van der Waals surface area contributed by atoms with Crippen LogP contribution in [0.2, 0.25) is 5.02 Å². The van der Waals surface area contributed by atoms with E-state index in [-0.39, 0.29) is 30.4 Å². The van der Waals surface area contributed by atoms with Crippen molar-refractivity contribution in [2.75, 3.05) is 39.5 Å². The predicted octanol–water partition coefficient (Wildman–Crippen LogP) is 2.77. The molecule has 11 nitrogen and oxygen atoms in total. The highest BCUT2D eigenvalue weighted by Crippen LogP contribution is 2.56. The average Bonchev–Trinajstić information content (AvgIpc) is 3.65. The van der Waals surface area contributed by atoms with Crippen LogP contribution in [0.1, 0.15) is 69.2 Å². The molecule has 3 atom stereocenters. The lowest BCUT2D eigenvalue weighted by Crippen LogP contribution is -2.54. The quantitative estimate of drug-likeness (QED) is 0.418. The number of carboxylic acids is 1. The molecule has 42 heavy (non-hydrogen) atoms. The van der Waals surface area contributed by atoms with E-state index in [0.29, 0.717) is 79.7 Å². The number of carboxylic acid groups (broad SMARTS) is 1. The summed E-state index contributed by atoms with van der Waals surface area (Å²) in [5.41, 5.74) is 7.73. The minimum atomic E-state index is -1.17. The highest BCUT2D eigenvalue weighted by molar-refractivity contribution is 6.31. The molecular formula is C30H40ClN5O6. The van der Waals surface area contributed by atoms with E-state index in [1.165, 1.54) is 0 Å².